The molecule has 11 nitrogen and oxygen atoms in total. The highest BCUT2D eigenvalue weighted by Gasteiger charge is 2.42. The Morgan fingerprint density at radius 1 is 1.00 bits per heavy atom. The van der Waals surface area contributed by atoms with E-state index in [1.807, 2.05) is 72.7 Å². The minimum atomic E-state index is -0.980. The standard InChI is InChI=1S/C43H66N4O7S/c1-10-27(4)37-41(52)47-19-11-12-34(47)42(53)54-36(43(7,8)9)21-26(3)20-35(49)28(5)40-45-32(24-55-40)17-18-33(48)23-31(22-30-15-13-25(2)14-16-30)39(51)44-29(6)38(50)46-37/h13-16,26-29,31-32,34-37,49H,10-12,17-24H2,1-9H3,(H,44,51)(H,46,50)/t26-,27-,28-,29-,31+,32+,34-,35-,36-,37-/m0/s1. The van der Waals surface area contributed by atoms with Crippen LogP contribution in [0.15, 0.2) is 29.3 Å². The molecule has 3 aliphatic rings. The molecule has 1 aromatic rings. The van der Waals surface area contributed by atoms with Crippen molar-refractivity contribution in [3.63, 3.8) is 0 Å². The highest BCUT2D eigenvalue weighted by atomic mass is 32.2. The van der Waals surface area contributed by atoms with Gasteiger partial charge < -0.3 is 25.4 Å². The molecule has 0 unspecified atom stereocenters. The van der Waals surface area contributed by atoms with Gasteiger partial charge in [-0.05, 0) is 75.2 Å². The predicted molar refractivity (Wildman–Crippen MR) is 218 cm³/mol. The molecule has 0 aromatic heterocycles. The molecule has 3 aliphatic heterocycles. The van der Waals surface area contributed by atoms with Crippen LogP contribution in [0.4, 0.5) is 0 Å². The van der Waals surface area contributed by atoms with Crippen molar-refractivity contribution in [3.05, 3.63) is 35.4 Å². The summed E-state index contributed by atoms with van der Waals surface area (Å²) in [4.78, 5) is 75.6. The van der Waals surface area contributed by atoms with Crippen LogP contribution in [0.25, 0.3) is 0 Å². The van der Waals surface area contributed by atoms with Gasteiger partial charge in [-0.1, -0.05) is 84.7 Å². The van der Waals surface area contributed by atoms with Crippen molar-refractivity contribution in [1.82, 2.24) is 15.5 Å². The Bertz CT molecular complexity index is 1540. The van der Waals surface area contributed by atoms with Gasteiger partial charge in [0.1, 0.15) is 30.0 Å². The summed E-state index contributed by atoms with van der Waals surface area (Å²) in [6.07, 6.45) is 2.81. The maximum absolute atomic E-state index is 14.2. The van der Waals surface area contributed by atoms with Crippen LogP contribution in [0.5, 0.6) is 0 Å². The van der Waals surface area contributed by atoms with E-state index >= 15 is 0 Å². The molecule has 1 aromatic carbocycles. The third kappa shape index (κ3) is 12.4. The first-order valence-corrected chi connectivity index (χ1v) is 21.4. The number of ether oxygens (including phenoxy) is 1. The molecule has 0 spiro atoms. The summed E-state index contributed by atoms with van der Waals surface area (Å²) >= 11 is 1.62. The fraction of sp³-hybridized carbons (Fsp3) is 0.721. The van der Waals surface area contributed by atoms with Gasteiger partial charge in [0, 0.05) is 37.0 Å². The molecule has 55 heavy (non-hydrogen) atoms. The van der Waals surface area contributed by atoms with E-state index in [2.05, 4.69) is 17.6 Å². The van der Waals surface area contributed by atoms with Crippen LogP contribution in [0.3, 0.4) is 0 Å². The van der Waals surface area contributed by atoms with Crippen LogP contribution in [0.1, 0.15) is 118 Å². The van der Waals surface area contributed by atoms with Crippen LogP contribution >= 0.6 is 11.8 Å². The first kappa shape index (κ1) is 44.5. The van der Waals surface area contributed by atoms with Gasteiger partial charge in [-0.15, -0.1) is 11.8 Å². The van der Waals surface area contributed by atoms with Crippen LogP contribution in [-0.4, -0.2) is 93.2 Å². The third-order valence-electron chi connectivity index (χ3n) is 11.7. The fourth-order valence-electron chi connectivity index (χ4n) is 7.66. The average molecular weight is 783 g/mol. The Balaban J connectivity index is 1.63. The van der Waals surface area contributed by atoms with Crippen molar-refractivity contribution in [1.29, 1.82) is 0 Å². The second-order valence-electron chi connectivity index (χ2n) is 17.6. The van der Waals surface area contributed by atoms with E-state index in [0.29, 0.717) is 51.5 Å². The van der Waals surface area contributed by atoms with E-state index < -0.39 is 54.0 Å². The Morgan fingerprint density at radius 3 is 2.35 bits per heavy atom. The number of aliphatic imine (C=N–C) groups is 1. The Hall–Kier alpha value is -3.25. The number of esters is 1. The van der Waals surface area contributed by atoms with Gasteiger partial charge in [-0.25, -0.2) is 4.79 Å². The van der Waals surface area contributed by atoms with Crippen molar-refractivity contribution in [2.24, 2.45) is 34.1 Å². The van der Waals surface area contributed by atoms with E-state index in [4.69, 9.17) is 9.73 Å². The van der Waals surface area contributed by atoms with Crippen molar-refractivity contribution < 1.29 is 33.8 Å². The number of aliphatic hydroxyl groups excluding tert-OH is 1. The molecule has 306 valence electrons. The number of hydrogen-bond donors (Lipinski definition) is 3. The molecule has 0 saturated carbocycles. The van der Waals surface area contributed by atoms with E-state index in [0.717, 1.165) is 21.9 Å². The molecule has 3 heterocycles. The predicted octanol–water partition coefficient (Wildman–Crippen LogP) is 5.82. The molecular weight excluding hydrogens is 717 g/mol. The highest BCUT2D eigenvalue weighted by Crippen LogP contribution is 2.34. The zero-order chi connectivity index (χ0) is 40.6. The maximum atomic E-state index is 14.2. The number of hydrogen-bond acceptors (Lipinski definition) is 9. The van der Waals surface area contributed by atoms with E-state index in [9.17, 15) is 29.1 Å². The number of rotatable bonds is 4. The summed E-state index contributed by atoms with van der Waals surface area (Å²) < 4.78 is 6.24. The lowest BCUT2D eigenvalue weighted by Crippen LogP contribution is -2.57. The van der Waals surface area contributed by atoms with Gasteiger partial charge in [0.2, 0.25) is 17.7 Å². The van der Waals surface area contributed by atoms with Gasteiger partial charge >= 0.3 is 5.97 Å². The number of fused-ring (bicyclic) bond motifs is 2. The maximum Gasteiger partial charge on any atom is 0.329 e. The van der Waals surface area contributed by atoms with E-state index in [-0.39, 0.29) is 53.7 Å². The van der Waals surface area contributed by atoms with Crippen LogP contribution in [0.2, 0.25) is 0 Å². The van der Waals surface area contributed by atoms with Gasteiger partial charge in [0.25, 0.3) is 0 Å². The minimum absolute atomic E-state index is 0.0213. The molecule has 1 saturated heterocycles. The topological polar surface area (TPSA) is 154 Å². The number of Topliss-reactive ketones (excluding diaryl/α,β-unsaturated/α-hetero) is 1. The largest absolute Gasteiger partial charge is 0.460 e. The number of nitrogens with zero attached hydrogens (tertiary/aromatic N) is 2. The molecule has 4 rings (SSSR count). The quantitative estimate of drug-likeness (QED) is 0.323. The van der Waals surface area contributed by atoms with E-state index in [1.54, 1.807) is 23.6 Å². The molecule has 1 fully saturated rings. The number of ketones is 1. The monoisotopic (exact) mass is 782 g/mol. The summed E-state index contributed by atoms with van der Waals surface area (Å²) in [7, 11) is 0. The lowest BCUT2D eigenvalue weighted by atomic mass is 9.81. The molecule has 2 bridgehead atoms. The van der Waals surface area contributed by atoms with Gasteiger partial charge in [-0.3, -0.25) is 24.2 Å². The summed E-state index contributed by atoms with van der Waals surface area (Å²) in [6, 6.07) is 5.11. The Kier molecular flexibility index (Phi) is 16.0. The molecule has 12 heteroatoms. The summed E-state index contributed by atoms with van der Waals surface area (Å²) in [5, 5.41) is 18.0. The van der Waals surface area contributed by atoms with Gasteiger partial charge in [0.05, 0.1) is 17.2 Å². The molecule has 0 radical (unpaired) electrons. The number of aliphatic hydroxyl groups is 1. The number of benzene rings is 1. The minimum Gasteiger partial charge on any atom is -0.460 e. The van der Waals surface area contributed by atoms with Crippen LogP contribution < -0.4 is 10.6 Å². The number of carbonyl (C=O) groups is 5. The second-order valence-corrected chi connectivity index (χ2v) is 18.7. The average Bonchev–Trinajstić information content (AvgIpc) is 3.82. The first-order chi connectivity index (χ1) is 25.9. The second kappa shape index (κ2) is 19.7. The molecular formula is C43H66N4O7S. The molecule has 10 atom stereocenters. The smallest absolute Gasteiger partial charge is 0.329 e. The van der Waals surface area contributed by atoms with Crippen molar-refractivity contribution in [2.75, 3.05) is 12.3 Å². The Labute approximate surface area is 333 Å². The van der Waals surface area contributed by atoms with Gasteiger partial charge in [0.15, 0.2) is 0 Å². The number of thioether (sulfide) groups is 1. The number of amides is 3. The fourth-order valence-corrected chi connectivity index (χ4v) is 8.90. The van der Waals surface area contributed by atoms with Crippen molar-refractivity contribution >= 4 is 46.3 Å². The zero-order valence-corrected chi connectivity index (χ0v) is 35.4. The lowest BCUT2D eigenvalue weighted by molar-refractivity contribution is -0.164. The molecule has 3 N–H and O–H groups in total. The number of aryl methyl sites for hydroxylation is 1. The summed E-state index contributed by atoms with van der Waals surface area (Å²) in [6.45, 7) is 17.9. The van der Waals surface area contributed by atoms with Crippen LogP contribution in [-0.2, 0) is 35.1 Å². The number of cyclic esters (lactones) is 1. The molecule has 3 amide bonds. The molecule has 0 aliphatic carbocycles. The SMILES string of the molecule is CC[C@H](C)[C@@H]1NC(=O)[C@H](C)NC(=O)[C@H](Cc2ccc(C)cc2)CC(=O)CC[C@@H]2CSC(=N2)[C@@H](C)[C@@H](O)C[C@H](C)C[C@@H](C(C)(C)C)OC(=O)[C@@H]2CCCN2C1=O. The first-order valence-electron chi connectivity index (χ1n) is 20.4. The zero-order valence-electron chi connectivity index (χ0n) is 34.6. The lowest BCUT2D eigenvalue weighted by Gasteiger charge is -2.36. The summed E-state index contributed by atoms with van der Waals surface area (Å²) in [5.74, 6) is -2.13. The number of nitrogens with one attached hydrogen (secondary N) is 2. The summed E-state index contributed by atoms with van der Waals surface area (Å²) in [5.41, 5.74) is 1.61. The van der Waals surface area contributed by atoms with Gasteiger partial charge in [-0.2, -0.15) is 0 Å². The Morgan fingerprint density at radius 2 is 1.69 bits per heavy atom. The van der Waals surface area contributed by atoms with Crippen LogP contribution in [0, 0.1) is 36.0 Å². The third-order valence-corrected chi connectivity index (χ3v) is 13.0. The van der Waals surface area contributed by atoms with E-state index in [1.165, 1.54) is 0 Å². The normalized spacial score (nSPS) is 32.0. The highest BCUT2D eigenvalue weighted by molar-refractivity contribution is 8.14. The van der Waals surface area contributed by atoms with Crippen molar-refractivity contribution in [2.45, 2.75) is 156 Å². The number of carbonyl (C=O) groups excluding carboxylic acids is 5. The van der Waals surface area contributed by atoms with Crippen molar-refractivity contribution in [3.8, 4) is 0 Å².